The molecule has 2 N–H and O–H groups in total. The van der Waals surface area contributed by atoms with Gasteiger partial charge in [-0.3, -0.25) is 4.79 Å². The molecule has 0 saturated carbocycles. The molecule has 1 amide bonds. The zero-order valence-corrected chi connectivity index (χ0v) is 16.3. The van der Waals surface area contributed by atoms with Crippen LogP contribution in [0.3, 0.4) is 0 Å². The second-order valence-electron chi connectivity index (χ2n) is 5.76. The van der Waals surface area contributed by atoms with E-state index in [2.05, 4.69) is 15.6 Å². The van der Waals surface area contributed by atoms with E-state index in [0.717, 1.165) is 12.1 Å². The van der Waals surface area contributed by atoms with E-state index >= 15 is 0 Å². The Kier molecular flexibility index (Phi) is 7.68. The van der Waals surface area contributed by atoms with E-state index in [4.69, 9.17) is 14.2 Å². The van der Waals surface area contributed by atoms with E-state index in [1.54, 1.807) is 19.6 Å². The van der Waals surface area contributed by atoms with Crippen molar-refractivity contribution in [2.75, 3.05) is 32.7 Å². The van der Waals surface area contributed by atoms with Crippen LogP contribution in [0.1, 0.15) is 30.8 Å². The Morgan fingerprint density at radius 3 is 2.69 bits per heavy atom. The Bertz CT molecular complexity index is 718. The molecule has 0 atom stereocenters. The van der Waals surface area contributed by atoms with Crippen molar-refractivity contribution in [2.45, 2.75) is 26.4 Å². The molecule has 0 radical (unpaired) electrons. The van der Waals surface area contributed by atoms with Gasteiger partial charge < -0.3 is 24.8 Å². The number of aromatic nitrogens is 1. The number of hydrogen-bond donors (Lipinski definition) is 2. The van der Waals surface area contributed by atoms with Crippen molar-refractivity contribution in [1.82, 2.24) is 10.3 Å². The molecule has 7 nitrogen and oxygen atoms in total. The summed E-state index contributed by atoms with van der Waals surface area (Å²) in [5.41, 5.74) is 1.19. The number of hydrogen-bond acceptors (Lipinski definition) is 7. The summed E-state index contributed by atoms with van der Waals surface area (Å²) in [5, 5.41) is 8.37. The molecule has 0 aliphatic rings. The third-order valence-corrected chi connectivity index (χ3v) is 4.19. The Hall–Kier alpha value is -2.32. The number of amides is 1. The maximum Gasteiger partial charge on any atom is 0.270 e. The van der Waals surface area contributed by atoms with Crippen molar-refractivity contribution in [3.63, 3.8) is 0 Å². The van der Waals surface area contributed by atoms with Gasteiger partial charge in [0.15, 0.2) is 16.6 Å². The summed E-state index contributed by atoms with van der Waals surface area (Å²) in [6.45, 7) is 5.16. The van der Waals surface area contributed by atoms with Gasteiger partial charge in [0.25, 0.3) is 5.91 Å². The molecule has 0 bridgehead atoms. The molecule has 8 heteroatoms. The number of benzene rings is 1. The van der Waals surface area contributed by atoms with Crippen LogP contribution in [0, 0.1) is 0 Å². The normalized spacial score (nSPS) is 10.7. The summed E-state index contributed by atoms with van der Waals surface area (Å²) in [5.74, 6) is 1.08. The first-order valence-corrected chi connectivity index (χ1v) is 9.25. The number of carbonyl (C=O) groups excluding carboxylic acids is 1. The van der Waals surface area contributed by atoms with Crippen LogP contribution in [0.5, 0.6) is 11.5 Å². The summed E-state index contributed by atoms with van der Waals surface area (Å²) in [7, 11) is 3.17. The number of rotatable bonds is 10. The van der Waals surface area contributed by atoms with Crippen molar-refractivity contribution in [2.24, 2.45) is 0 Å². The van der Waals surface area contributed by atoms with E-state index in [1.165, 1.54) is 11.3 Å². The van der Waals surface area contributed by atoms with Gasteiger partial charge in [0.2, 0.25) is 0 Å². The number of nitrogens with one attached hydrogen (secondary N) is 2. The van der Waals surface area contributed by atoms with Crippen molar-refractivity contribution < 1.29 is 19.0 Å². The lowest BCUT2D eigenvalue weighted by atomic mass is 10.3. The maximum atomic E-state index is 12.1. The highest BCUT2D eigenvalue weighted by Crippen LogP contribution is 2.31. The molecule has 1 aromatic carbocycles. The van der Waals surface area contributed by atoms with E-state index in [-0.39, 0.29) is 12.0 Å². The third-order valence-electron chi connectivity index (χ3n) is 3.43. The van der Waals surface area contributed by atoms with E-state index < -0.39 is 0 Å². The molecular weight excluding hydrogens is 354 g/mol. The molecule has 1 aromatic heterocycles. The van der Waals surface area contributed by atoms with Crippen LogP contribution in [0.4, 0.5) is 10.8 Å². The van der Waals surface area contributed by atoms with Crippen LogP contribution in [0.15, 0.2) is 23.6 Å². The fraction of sp³-hybridized carbons (Fsp3) is 0.444. The zero-order valence-electron chi connectivity index (χ0n) is 15.5. The summed E-state index contributed by atoms with van der Waals surface area (Å²) in [6.07, 6.45) is 0.972. The van der Waals surface area contributed by atoms with Gasteiger partial charge in [0, 0.05) is 30.3 Å². The van der Waals surface area contributed by atoms with Gasteiger partial charge in [0.05, 0.1) is 20.3 Å². The quantitative estimate of drug-likeness (QED) is 0.616. The lowest BCUT2D eigenvalue weighted by Crippen LogP contribution is -2.25. The van der Waals surface area contributed by atoms with Crippen molar-refractivity contribution in [3.8, 4) is 11.5 Å². The zero-order chi connectivity index (χ0) is 18.9. The van der Waals surface area contributed by atoms with Crippen LogP contribution < -0.4 is 20.1 Å². The number of nitrogens with zero attached hydrogens (tertiary/aromatic N) is 1. The van der Waals surface area contributed by atoms with Gasteiger partial charge in [-0.25, -0.2) is 4.98 Å². The van der Waals surface area contributed by atoms with Gasteiger partial charge in [-0.15, -0.1) is 11.3 Å². The van der Waals surface area contributed by atoms with E-state index in [0.29, 0.717) is 35.5 Å². The first kappa shape index (κ1) is 20.0. The van der Waals surface area contributed by atoms with Crippen molar-refractivity contribution in [3.05, 3.63) is 29.3 Å². The average molecular weight is 379 g/mol. The number of carbonyl (C=O) groups is 1. The highest BCUT2D eigenvalue weighted by molar-refractivity contribution is 7.14. The third kappa shape index (κ3) is 5.89. The van der Waals surface area contributed by atoms with Crippen LogP contribution >= 0.6 is 11.3 Å². The Morgan fingerprint density at radius 1 is 1.23 bits per heavy atom. The van der Waals surface area contributed by atoms with Gasteiger partial charge in [0.1, 0.15) is 5.69 Å². The van der Waals surface area contributed by atoms with Gasteiger partial charge in [-0.05, 0) is 32.4 Å². The van der Waals surface area contributed by atoms with Crippen LogP contribution in [-0.2, 0) is 4.74 Å². The molecular formula is C18H25N3O4S. The summed E-state index contributed by atoms with van der Waals surface area (Å²) in [4.78, 5) is 16.4. The molecule has 0 aliphatic heterocycles. The van der Waals surface area contributed by atoms with Crippen molar-refractivity contribution in [1.29, 1.82) is 0 Å². The lowest BCUT2D eigenvalue weighted by Gasteiger charge is -2.09. The van der Waals surface area contributed by atoms with E-state index in [1.807, 2.05) is 32.0 Å². The molecule has 2 aromatic rings. The van der Waals surface area contributed by atoms with Crippen LogP contribution in [0.2, 0.25) is 0 Å². The molecule has 2 rings (SSSR count). The minimum atomic E-state index is -0.189. The van der Waals surface area contributed by atoms with Gasteiger partial charge >= 0.3 is 0 Å². The predicted molar refractivity (Wildman–Crippen MR) is 103 cm³/mol. The summed E-state index contributed by atoms with van der Waals surface area (Å²) in [6, 6.07) is 5.48. The van der Waals surface area contributed by atoms with Crippen molar-refractivity contribution >= 4 is 28.1 Å². The molecule has 0 unspecified atom stereocenters. The highest BCUT2D eigenvalue weighted by atomic mass is 32.1. The predicted octanol–water partition coefficient (Wildman–Crippen LogP) is 3.45. The second kappa shape index (κ2) is 9.98. The van der Waals surface area contributed by atoms with Gasteiger partial charge in [-0.1, -0.05) is 0 Å². The first-order chi connectivity index (χ1) is 12.5. The fourth-order valence-corrected chi connectivity index (χ4v) is 2.87. The lowest BCUT2D eigenvalue weighted by molar-refractivity contribution is 0.0756. The first-order valence-electron chi connectivity index (χ1n) is 8.38. The molecule has 1 heterocycles. The Labute approximate surface area is 157 Å². The van der Waals surface area contributed by atoms with Gasteiger partial charge in [-0.2, -0.15) is 0 Å². The summed E-state index contributed by atoms with van der Waals surface area (Å²) >= 11 is 1.36. The largest absolute Gasteiger partial charge is 0.493 e. The monoisotopic (exact) mass is 379 g/mol. The SMILES string of the molecule is COc1ccc(Nc2nc(C(=O)NCCCOC(C)C)cs2)cc1OC. The Morgan fingerprint density at radius 2 is 2.00 bits per heavy atom. The molecule has 0 aliphatic carbocycles. The van der Waals surface area contributed by atoms with Crippen LogP contribution in [-0.4, -0.2) is 44.4 Å². The number of anilines is 2. The maximum absolute atomic E-state index is 12.1. The molecule has 0 spiro atoms. The fourth-order valence-electron chi connectivity index (χ4n) is 2.16. The molecule has 26 heavy (non-hydrogen) atoms. The van der Waals surface area contributed by atoms with Crippen LogP contribution in [0.25, 0.3) is 0 Å². The number of methoxy groups -OCH3 is 2. The van der Waals surface area contributed by atoms with E-state index in [9.17, 15) is 4.79 Å². The smallest absolute Gasteiger partial charge is 0.270 e. The highest BCUT2D eigenvalue weighted by Gasteiger charge is 2.11. The second-order valence-corrected chi connectivity index (χ2v) is 6.62. The number of thiazole rings is 1. The minimum Gasteiger partial charge on any atom is -0.493 e. The standard InChI is InChI=1S/C18H25N3O4S/c1-12(2)25-9-5-8-19-17(22)14-11-26-18(21-14)20-13-6-7-15(23-3)16(10-13)24-4/h6-7,10-12H,5,8-9H2,1-4H3,(H,19,22)(H,20,21). The average Bonchev–Trinajstić information content (AvgIpc) is 3.09. The minimum absolute atomic E-state index is 0.189. The topological polar surface area (TPSA) is 81.7 Å². The summed E-state index contributed by atoms with van der Waals surface area (Å²) < 4.78 is 15.9. The Balaban J connectivity index is 1.88. The number of ether oxygens (including phenoxy) is 3. The molecule has 142 valence electrons. The molecule has 0 saturated heterocycles. The molecule has 0 fully saturated rings.